The first-order chi connectivity index (χ1) is 9.88. The lowest BCUT2D eigenvalue weighted by molar-refractivity contribution is 0.0696. The van der Waals surface area contributed by atoms with Crippen molar-refractivity contribution < 1.29 is 19.1 Å². The molecule has 0 fully saturated rings. The molecular formula is C14H8BrClFNO3. The van der Waals surface area contributed by atoms with E-state index >= 15 is 0 Å². The zero-order chi connectivity index (χ0) is 15.6. The van der Waals surface area contributed by atoms with E-state index < -0.39 is 17.7 Å². The van der Waals surface area contributed by atoms with Crippen LogP contribution in [0.2, 0.25) is 5.02 Å². The van der Waals surface area contributed by atoms with Crippen molar-refractivity contribution in [1.29, 1.82) is 0 Å². The summed E-state index contributed by atoms with van der Waals surface area (Å²) in [5, 5.41) is 11.6. The summed E-state index contributed by atoms with van der Waals surface area (Å²) in [7, 11) is 0. The van der Waals surface area contributed by atoms with E-state index in [1.165, 1.54) is 30.3 Å². The number of benzene rings is 2. The number of hydrogen-bond donors (Lipinski definition) is 2. The lowest BCUT2D eigenvalue weighted by atomic mass is 10.1. The molecule has 2 aromatic rings. The Hall–Kier alpha value is -1.92. The van der Waals surface area contributed by atoms with Gasteiger partial charge in [0.15, 0.2) is 0 Å². The first kappa shape index (κ1) is 15.5. The van der Waals surface area contributed by atoms with Gasteiger partial charge in [0, 0.05) is 11.3 Å². The molecule has 0 saturated carbocycles. The lowest BCUT2D eigenvalue weighted by Gasteiger charge is -2.07. The summed E-state index contributed by atoms with van der Waals surface area (Å²) >= 11 is 8.73. The summed E-state index contributed by atoms with van der Waals surface area (Å²) in [6, 6.07) is 7.92. The van der Waals surface area contributed by atoms with Crippen molar-refractivity contribution >= 4 is 45.1 Å². The number of hydrogen-bond acceptors (Lipinski definition) is 2. The summed E-state index contributed by atoms with van der Waals surface area (Å²) < 4.78 is 13.3. The van der Waals surface area contributed by atoms with E-state index in [4.69, 9.17) is 16.7 Å². The summed E-state index contributed by atoms with van der Waals surface area (Å²) in [5.41, 5.74) is 0.395. The summed E-state index contributed by atoms with van der Waals surface area (Å²) in [6.07, 6.45) is 0. The topological polar surface area (TPSA) is 66.4 Å². The molecule has 2 rings (SSSR count). The maximum atomic E-state index is 13.1. The smallest absolute Gasteiger partial charge is 0.337 e. The van der Waals surface area contributed by atoms with E-state index in [2.05, 4.69) is 21.2 Å². The van der Waals surface area contributed by atoms with E-state index in [9.17, 15) is 14.0 Å². The highest BCUT2D eigenvalue weighted by Crippen LogP contribution is 2.22. The number of halogens is 3. The zero-order valence-electron chi connectivity index (χ0n) is 10.4. The highest BCUT2D eigenvalue weighted by molar-refractivity contribution is 9.10. The molecule has 0 aliphatic rings. The molecule has 0 bridgehead atoms. The van der Waals surface area contributed by atoms with Crippen molar-refractivity contribution in [2.24, 2.45) is 0 Å². The van der Waals surface area contributed by atoms with Crippen molar-refractivity contribution in [2.75, 3.05) is 5.32 Å². The van der Waals surface area contributed by atoms with Gasteiger partial charge in [0.1, 0.15) is 5.82 Å². The minimum absolute atomic E-state index is 0.0741. The molecule has 0 heterocycles. The van der Waals surface area contributed by atoms with Crippen molar-refractivity contribution in [3.05, 3.63) is 62.8 Å². The van der Waals surface area contributed by atoms with Crippen LogP contribution in [0.25, 0.3) is 0 Å². The molecule has 0 aliphatic carbocycles. The average Bonchev–Trinajstić information content (AvgIpc) is 2.43. The molecule has 21 heavy (non-hydrogen) atoms. The second kappa shape index (κ2) is 6.24. The predicted octanol–water partition coefficient (Wildman–Crippen LogP) is 4.19. The van der Waals surface area contributed by atoms with Gasteiger partial charge in [-0.3, -0.25) is 4.79 Å². The lowest BCUT2D eigenvalue weighted by Crippen LogP contribution is -2.12. The minimum Gasteiger partial charge on any atom is -0.478 e. The number of nitrogens with one attached hydrogen (secondary N) is 1. The molecule has 0 aliphatic heterocycles. The number of aromatic carboxylic acids is 1. The molecule has 4 nitrogen and oxygen atoms in total. The van der Waals surface area contributed by atoms with E-state index in [-0.39, 0.29) is 26.3 Å². The van der Waals surface area contributed by atoms with Gasteiger partial charge in [0.05, 0.1) is 15.1 Å². The Labute approximate surface area is 132 Å². The Morgan fingerprint density at radius 3 is 2.52 bits per heavy atom. The van der Waals surface area contributed by atoms with Crippen LogP contribution in [0.1, 0.15) is 20.7 Å². The molecule has 2 aromatic carbocycles. The predicted molar refractivity (Wildman–Crippen MR) is 80.5 cm³/mol. The van der Waals surface area contributed by atoms with Gasteiger partial charge in [-0.2, -0.15) is 0 Å². The number of carbonyl (C=O) groups excluding carboxylic acids is 1. The fourth-order valence-electron chi connectivity index (χ4n) is 1.61. The average molecular weight is 373 g/mol. The number of rotatable bonds is 3. The Morgan fingerprint density at radius 1 is 1.19 bits per heavy atom. The van der Waals surface area contributed by atoms with Crippen LogP contribution in [0.15, 0.2) is 40.9 Å². The van der Waals surface area contributed by atoms with E-state index in [1.54, 1.807) is 0 Å². The van der Waals surface area contributed by atoms with Crippen LogP contribution in [0, 0.1) is 5.82 Å². The fraction of sp³-hybridized carbons (Fsp3) is 0. The molecule has 108 valence electrons. The van der Waals surface area contributed by atoms with Crippen molar-refractivity contribution in [2.45, 2.75) is 0 Å². The zero-order valence-corrected chi connectivity index (χ0v) is 12.7. The first-order valence-electron chi connectivity index (χ1n) is 5.67. The van der Waals surface area contributed by atoms with Crippen molar-refractivity contribution in [1.82, 2.24) is 0 Å². The summed E-state index contributed by atoms with van der Waals surface area (Å²) in [5.74, 6) is -2.17. The second-order valence-electron chi connectivity index (χ2n) is 4.08. The fourth-order valence-corrected chi connectivity index (χ4v) is 2.18. The highest BCUT2D eigenvalue weighted by Gasteiger charge is 2.12. The monoisotopic (exact) mass is 371 g/mol. The minimum atomic E-state index is -1.19. The molecular weight excluding hydrogens is 365 g/mol. The van der Waals surface area contributed by atoms with Crippen LogP contribution in [-0.2, 0) is 0 Å². The van der Waals surface area contributed by atoms with Gasteiger partial charge in [0.2, 0.25) is 0 Å². The molecule has 1 amide bonds. The van der Waals surface area contributed by atoms with Crippen LogP contribution < -0.4 is 5.32 Å². The molecule has 0 radical (unpaired) electrons. The van der Waals surface area contributed by atoms with Gasteiger partial charge in [0.25, 0.3) is 5.91 Å². The van der Waals surface area contributed by atoms with Gasteiger partial charge in [-0.25, -0.2) is 9.18 Å². The number of carbonyl (C=O) groups is 2. The third-order valence-corrected chi connectivity index (χ3v) is 3.57. The van der Waals surface area contributed by atoms with Crippen molar-refractivity contribution in [3.8, 4) is 0 Å². The Bertz CT molecular complexity index is 736. The molecule has 0 spiro atoms. The van der Waals surface area contributed by atoms with E-state index in [0.717, 1.165) is 6.07 Å². The molecule has 0 aromatic heterocycles. The summed E-state index contributed by atoms with van der Waals surface area (Å²) in [6.45, 7) is 0. The van der Waals surface area contributed by atoms with Crippen LogP contribution >= 0.6 is 27.5 Å². The molecule has 0 atom stereocenters. The SMILES string of the molecule is O=C(Nc1ccc(Cl)c(C(=O)O)c1)c1ccc(F)c(Br)c1. The maximum Gasteiger partial charge on any atom is 0.337 e. The summed E-state index contributed by atoms with van der Waals surface area (Å²) in [4.78, 5) is 23.0. The van der Waals surface area contributed by atoms with Gasteiger partial charge >= 0.3 is 5.97 Å². The third-order valence-electron chi connectivity index (χ3n) is 2.64. The van der Waals surface area contributed by atoms with Gasteiger partial charge < -0.3 is 10.4 Å². The number of carboxylic acids is 1. The maximum absolute atomic E-state index is 13.1. The Kier molecular flexibility index (Phi) is 4.59. The van der Waals surface area contributed by atoms with Gasteiger partial charge in [-0.1, -0.05) is 11.6 Å². The second-order valence-corrected chi connectivity index (χ2v) is 5.34. The number of anilines is 1. The van der Waals surface area contributed by atoms with Crippen molar-refractivity contribution in [3.63, 3.8) is 0 Å². The molecule has 0 unspecified atom stereocenters. The van der Waals surface area contributed by atoms with Gasteiger partial charge in [-0.15, -0.1) is 0 Å². The van der Waals surface area contributed by atoms with E-state index in [1.807, 2.05) is 0 Å². The number of amides is 1. The van der Waals surface area contributed by atoms with Crippen LogP contribution in [0.3, 0.4) is 0 Å². The Balaban J connectivity index is 2.25. The first-order valence-corrected chi connectivity index (χ1v) is 6.85. The van der Waals surface area contributed by atoms with Gasteiger partial charge in [-0.05, 0) is 52.3 Å². The van der Waals surface area contributed by atoms with Crippen LogP contribution in [0.5, 0.6) is 0 Å². The standard InChI is InChI=1S/C14H8BrClFNO3/c15-10-5-7(1-4-12(10)17)13(19)18-8-2-3-11(16)9(6-8)14(20)21/h1-6H,(H,18,19)(H,20,21). The normalized spacial score (nSPS) is 10.2. The molecule has 0 saturated heterocycles. The molecule has 2 N–H and O–H groups in total. The Morgan fingerprint density at radius 2 is 1.90 bits per heavy atom. The van der Waals surface area contributed by atoms with Crippen LogP contribution in [0.4, 0.5) is 10.1 Å². The van der Waals surface area contributed by atoms with E-state index in [0.29, 0.717) is 0 Å². The van der Waals surface area contributed by atoms with Crippen LogP contribution in [-0.4, -0.2) is 17.0 Å². The number of carboxylic acid groups (broad SMARTS) is 1. The molecule has 7 heteroatoms. The largest absolute Gasteiger partial charge is 0.478 e. The highest BCUT2D eigenvalue weighted by atomic mass is 79.9. The quantitative estimate of drug-likeness (QED) is 0.849. The third kappa shape index (κ3) is 3.59.